The second-order valence-corrected chi connectivity index (χ2v) is 7.44. The maximum atomic E-state index is 12.1. The van der Waals surface area contributed by atoms with Crippen molar-refractivity contribution in [1.29, 1.82) is 0 Å². The van der Waals surface area contributed by atoms with Gasteiger partial charge >= 0.3 is 0 Å². The Balaban J connectivity index is 0.00000352. The van der Waals surface area contributed by atoms with Crippen LogP contribution in [0.15, 0.2) is 24.3 Å². The fraction of sp³-hybridized carbons (Fsp3) is 0.652. The van der Waals surface area contributed by atoms with Crippen LogP contribution in [-0.2, 0) is 0 Å². The highest BCUT2D eigenvalue weighted by atomic mass is 16.2. The van der Waals surface area contributed by atoms with Gasteiger partial charge < -0.3 is 16.0 Å². The normalized spacial score (nSPS) is 10.4. The van der Waals surface area contributed by atoms with Crippen LogP contribution in [0.2, 0.25) is 0 Å². The molecule has 0 heterocycles. The highest BCUT2D eigenvalue weighted by molar-refractivity contribution is 5.97. The van der Waals surface area contributed by atoms with E-state index in [9.17, 15) is 9.59 Å². The van der Waals surface area contributed by atoms with Crippen LogP contribution in [0.3, 0.4) is 0 Å². The Labute approximate surface area is 172 Å². The Morgan fingerprint density at radius 3 is 1.61 bits per heavy atom. The summed E-state index contributed by atoms with van der Waals surface area (Å²) in [6.07, 6.45) is 4.07. The molecule has 0 radical (unpaired) electrons. The highest BCUT2D eigenvalue weighted by Gasteiger charge is 2.08. The van der Waals surface area contributed by atoms with Crippen molar-refractivity contribution in [2.75, 3.05) is 19.6 Å². The second kappa shape index (κ2) is 16.1. The molecule has 0 saturated heterocycles. The van der Waals surface area contributed by atoms with E-state index in [-0.39, 0.29) is 11.8 Å². The average Bonchev–Trinajstić information content (AvgIpc) is 2.69. The molecule has 0 unspecified atom stereocenters. The lowest BCUT2D eigenvalue weighted by atomic mass is 10.1. The molecule has 0 fully saturated rings. The first-order chi connectivity index (χ1) is 13.4. The highest BCUT2D eigenvalue weighted by Crippen LogP contribution is 2.06. The van der Waals surface area contributed by atoms with E-state index in [1.54, 1.807) is 24.3 Å². The Morgan fingerprint density at radius 1 is 0.750 bits per heavy atom. The lowest BCUT2D eigenvalue weighted by Gasteiger charge is -2.09. The number of carbonyl (C=O) groups excluding carboxylic acids is 2. The summed E-state index contributed by atoms with van der Waals surface area (Å²) in [7, 11) is 0. The van der Waals surface area contributed by atoms with Gasteiger partial charge in [-0.2, -0.15) is 0 Å². The summed E-state index contributed by atoms with van der Waals surface area (Å²) in [5.74, 6) is 0.472. The fourth-order valence-electron chi connectivity index (χ4n) is 2.53. The molecule has 5 heteroatoms. The number of hydrogen-bond donors (Lipinski definition) is 3. The number of benzene rings is 1. The van der Waals surface area contributed by atoms with E-state index in [0.717, 1.165) is 32.2 Å². The molecule has 160 valence electrons. The van der Waals surface area contributed by atoms with Gasteiger partial charge in [-0.05, 0) is 62.4 Å². The van der Waals surface area contributed by atoms with Crippen LogP contribution in [0.5, 0.6) is 0 Å². The maximum absolute atomic E-state index is 12.1. The van der Waals surface area contributed by atoms with Crippen LogP contribution in [0, 0.1) is 5.92 Å². The first-order valence-electron chi connectivity index (χ1n) is 10.8. The average molecular weight is 392 g/mol. The molecule has 0 bridgehead atoms. The lowest BCUT2D eigenvalue weighted by Crippen LogP contribution is -2.27. The number of carbonyl (C=O) groups is 2. The predicted octanol–water partition coefficient (Wildman–Crippen LogP) is 4.39. The zero-order valence-corrected chi connectivity index (χ0v) is 18.7. The van der Waals surface area contributed by atoms with Crippen molar-refractivity contribution < 1.29 is 9.59 Å². The summed E-state index contributed by atoms with van der Waals surface area (Å²) >= 11 is 0. The minimum Gasteiger partial charge on any atom is -0.352 e. The Hall–Kier alpha value is -1.88. The largest absolute Gasteiger partial charge is 0.352 e. The van der Waals surface area contributed by atoms with Gasteiger partial charge in [0, 0.05) is 30.3 Å². The maximum Gasteiger partial charge on any atom is 0.251 e. The van der Waals surface area contributed by atoms with Crippen molar-refractivity contribution in [3.63, 3.8) is 0 Å². The zero-order valence-electron chi connectivity index (χ0n) is 18.7. The van der Waals surface area contributed by atoms with Gasteiger partial charge in [-0.15, -0.1) is 0 Å². The van der Waals surface area contributed by atoms with Gasteiger partial charge in [-0.1, -0.05) is 41.5 Å². The monoisotopic (exact) mass is 391 g/mol. The zero-order chi connectivity index (χ0) is 21.4. The van der Waals surface area contributed by atoms with E-state index in [1.807, 2.05) is 13.8 Å². The molecule has 0 aliphatic heterocycles. The number of rotatable bonds is 12. The molecular weight excluding hydrogens is 350 g/mol. The van der Waals surface area contributed by atoms with E-state index in [0.29, 0.717) is 36.2 Å². The third-order valence-corrected chi connectivity index (χ3v) is 4.09. The molecule has 1 rings (SSSR count). The molecule has 0 aliphatic rings. The van der Waals surface area contributed by atoms with Gasteiger partial charge in [0.2, 0.25) is 0 Å². The fourth-order valence-corrected chi connectivity index (χ4v) is 2.53. The Kier molecular flexibility index (Phi) is 15.0. The summed E-state index contributed by atoms with van der Waals surface area (Å²) in [5.41, 5.74) is 1.17. The topological polar surface area (TPSA) is 70.2 Å². The Morgan fingerprint density at radius 2 is 1.18 bits per heavy atom. The van der Waals surface area contributed by atoms with Crippen LogP contribution in [-0.4, -0.2) is 37.5 Å². The van der Waals surface area contributed by atoms with Crippen LogP contribution < -0.4 is 16.0 Å². The first-order valence-corrected chi connectivity index (χ1v) is 10.8. The molecule has 0 atom stereocenters. The third-order valence-electron chi connectivity index (χ3n) is 4.09. The summed E-state index contributed by atoms with van der Waals surface area (Å²) in [6.45, 7) is 14.9. The molecule has 0 spiro atoms. The Bertz CT molecular complexity index is 539. The van der Waals surface area contributed by atoms with Crippen LogP contribution in [0.4, 0.5) is 0 Å². The predicted molar refractivity (Wildman–Crippen MR) is 119 cm³/mol. The molecular formula is C23H41N3O2. The van der Waals surface area contributed by atoms with E-state index in [1.165, 1.54) is 0 Å². The molecule has 0 saturated carbocycles. The van der Waals surface area contributed by atoms with Gasteiger partial charge in [0.1, 0.15) is 0 Å². The van der Waals surface area contributed by atoms with Gasteiger partial charge in [0.25, 0.3) is 11.8 Å². The van der Waals surface area contributed by atoms with Crippen molar-refractivity contribution >= 4 is 11.8 Å². The first kappa shape index (κ1) is 26.1. The second-order valence-electron chi connectivity index (χ2n) is 7.44. The van der Waals surface area contributed by atoms with E-state index < -0.39 is 0 Å². The van der Waals surface area contributed by atoms with Gasteiger partial charge in [0.05, 0.1) is 0 Å². The van der Waals surface area contributed by atoms with E-state index in [2.05, 4.69) is 43.6 Å². The van der Waals surface area contributed by atoms with Crippen molar-refractivity contribution in [3.8, 4) is 0 Å². The SMILES string of the molecule is CC.CC(C)CCCNC(=O)c1ccc(C(=O)NCCCCNC(C)C)cc1. The van der Waals surface area contributed by atoms with Crippen molar-refractivity contribution in [3.05, 3.63) is 35.4 Å². The minimum absolute atomic E-state index is 0.0848. The quantitative estimate of drug-likeness (QED) is 0.463. The standard InChI is InChI=1S/C21H35N3O2.C2H6/c1-16(2)8-7-15-24-21(26)19-11-9-18(10-12-19)20(25)23-14-6-5-13-22-17(3)4;1-2/h9-12,16-17,22H,5-8,13-15H2,1-4H3,(H,23,25)(H,24,26);1-2H3. The number of hydrogen-bond acceptors (Lipinski definition) is 3. The summed E-state index contributed by atoms with van der Waals surface area (Å²) in [6, 6.07) is 7.33. The van der Waals surface area contributed by atoms with Crippen molar-refractivity contribution in [2.45, 2.75) is 73.3 Å². The lowest BCUT2D eigenvalue weighted by molar-refractivity contribution is 0.0941. The molecule has 2 amide bonds. The minimum atomic E-state index is -0.0919. The molecule has 28 heavy (non-hydrogen) atoms. The number of nitrogens with one attached hydrogen (secondary N) is 3. The van der Waals surface area contributed by atoms with Gasteiger partial charge in [0.15, 0.2) is 0 Å². The molecule has 1 aromatic rings. The molecule has 3 N–H and O–H groups in total. The van der Waals surface area contributed by atoms with Crippen LogP contribution in [0.1, 0.15) is 87.9 Å². The number of unbranched alkanes of at least 4 members (excludes halogenated alkanes) is 1. The van der Waals surface area contributed by atoms with Crippen molar-refractivity contribution in [2.24, 2.45) is 5.92 Å². The molecule has 1 aromatic carbocycles. The molecule has 0 aliphatic carbocycles. The van der Waals surface area contributed by atoms with Crippen molar-refractivity contribution in [1.82, 2.24) is 16.0 Å². The molecule has 0 aromatic heterocycles. The van der Waals surface area contributed by atoms with E-state index >= 15 is 0 Å². The van der Waals surface area contributed by atoms with Crippen LogP contribution in [0.25, 0.3) is 0 Å². The smallest absolute Gasteiger partial charge is 0.251 e. The summed E-state index contributed by atoms with van der Waals surface area (Å²) < 4.78 is 0. The number of amides is 2. The van der Waals surface area contributed by atoms with Gasteiger partial charge in [-0.25, -0.2) is 0 Å². The van der Waals surface area contributed by atoms with Gasteiger partial charge in [-0.3, -0.25) is 9.59 Å². The third kappa shape index (κ3) is 12.5. The molecule has 5 nitrogen and oxygen atoms in total. The van der Waals surface area contributed by atoms with E-state index in [4.69, 9.17) is 0 Å². The summed E-state index contributed by atoms with van der Waals surface area (Å²) in [5, 5.41) is 9.20. The summed E-state index contributed by atoms with van der Waals surface area (Å²) in [4.78, 5) is 24.2. The van der Waals surface area contributed by atoms with Crippen LogP contribution >= 0.6 is 0 Å².